The molecular weight excluding hydrogens is 352 g/mol. The monoisotopic (exact) mass is 370 g/mol. The van der Waals surface area contributed by atoms with Crippen molar-refractivity contribution in [3.05, 3.63) is 65.2 Å². The molecule has 0 atom stereocenters. The normalized spacial score (nSPS) is 10.4. The SMILES string of the molecule is COc1ccc(/C=C/C(=O)O)cc1NC(=S)NC(=O)c1cccc(C)c1. The maximum absolute atomic E-state index is 12.3. The van der Waals surface area contributed by atoms with Crippen molar-refractivity contribution in [1.29, 1.82) is 0 Å². The summed E-state index contributed by atoms with van der Waals surface area (Å²) in [5.41, 5.74) is 2.62. The van der Waals surface area contributed by atoms with Crippen LogP contribution >= 0.6 is 12.2 Å². The Morgan fingerprint density at radius 1 is 1.19 bits per heavy atom. The number of benzene rings is 2. The molecule has 0 aromatic heterocycles. The largest absolute Gasteiger partial charge is 0.495 e. The molecule has 2 aromatic rings. The number of anilines is 1. The van der Waals surface area contributed by atoms with Crippen LogP contribution in [0.3, 0.4) is 0 Å². The second-order valence-electron chi connectivity index (χ2n) is 5.41. The predicted molar refractivity (Wildman–Crippen MR) is 105 cm³/mol. The number of nitrogens with one attached hydrogen (secondary N) is 2. The minimum absolute atomic E-state index is 0.106. The van der Waals surface area contributed by atoms with Crippen molar-refractivity contribution in [2.75, 3.05) is 12.4 Å². The Hall–Kier alpha value is -3.19. The summed E-state index contributed by atoms with van der Waals surface area (Å²) >= 11 is 5.19. The molecule has 26 heavy (non-hydrogen) atoms. The maximum Gasteiger partial charge on any atom is 0.328 e. The standard InChI is InChI=1S/C19H18N2O4S/c1-12-4-3-5-14(10-12)18(24)21-19(26)20-15-11-13(7-9-17(22)23)6-8-16(15)25-2/h3-11H,1-2H3,(H,22,23)(H2,20,21,24,26)/b9-7+. The molecule has 0 fully saturated rings. The van der Waals surface area contributed by atoms with Gasteiger partial charge < -0.3 is 15.2 Å². The van der Waals surface area contributed by atoms with Gasteiger partial charge in [0.1, 0.15) is 5.75 Å². The van der Waals surface area contributed by atoms with Crippen LogP contribution in [-0.4, -0.2) is 29.2 Å². The molecule has 7 heteroatoms. The summed E-state index contributed by atoms with van der Waals surface area (Å²) in [4.78, 5) is 22.9. The minimum atomic E-state index is -1.05. The van der Waals surface area contributed by atoms with E-state index in [1.165, 1.54) is 13.2 Å². The molecule has 2 aromatic carbocycles. The summed E-state index contributed by atoms with van der Waals surface area (Å²) < 4.78 is 5.26. The number of carbonyl (C=O) groups excluding carboxylic acids is 1. The molecule has 0 aliphatic rings. The molecule has 0 spiro atoms. The van der Waals surface area contributed by atoms with Crippen LogP contribution in [0.1, 0.15) is 21.5 Å². The van der Waals surface area contributed by atoms with E-state index < -0.39 is 5.97 Å². The van der Waals surface area contributed by atoms with Gasteiger partial charge in [-0.25, -0.2) is 4.79 Å². The van der Waals surface area contributed by atoms with Crippen LogP contribution in [-0.2, 0) is 4.79 Å². The average molecular weight is 370 g/mol. The highest BCUT2D eigenvalue weighted by Gasteiger charge is 2.10. The summed E-state index contributed by atoms with van der Waals surface area (Å²) in [6, 6.07) is 12.2. The number of hydrogen-bond acceptors (Lipinski definition) is 4. The zero-order valence-corrected chi connectivity index (χ0v) is 15.1. The van der Waals surface area contributed by atoms with E-state index >= 15 is 0 Å². The number of thiocarbonyl (C=S) groups is 1. The molecule has 6 nitrogen and oxygen atoms in total. The number of amides is 1. The van der Waals surface area contributed by atoms with Crippen molar-refractivity contribution in [3.63, 3.8) is 0 Å². The first-order valence-electron chi connectivity index (χ1n) is 7.67. The van der Waals surface area contributed by atoms with E-state index in [-0.39, 0.29) is 11.0 Å². The van der Waals surface area contributed by atoms with Crippen LogP contribution in [0.5, 0.6) is 5.75 Å². The second kappa shape index (κ2) is 8.77. The third kappa shape index (κ3) is 5.42. The number of carboxylic acids is 1. The Kier molecular flexibility index (Phi) is 6.46. The fraction of sp³-hybridized carbons (Fsp3) is 0.105. The zero-order chi connectivity index (χ0) is 19.1. The van der Waals surface area contributed by atoms with Gasteiger partial charge in [-0.3, -0.25) is 10.1 Å². The van der Waals surface area contributed by atoms with Crippen molar-refractivity contribution >= 4 is 41.0 Å². The van der Waals surface area contributed by atoms with Gasteiger partial charge in [0.15, 0.2) is 5.11 Å². The van der Waals surface area contributed by atoms with Gasteiger partial charge in [-0.15, -0.1) is 0 Å². The number of ether oxygens (including phenoxy) is 1. The van der Waals surface area contributed by atoms with Crippen molar-refractivity contribution in [2.24, 2.45) is 0 Å². The van der Waals surface area contributed by atoms with Gasteiger partial charge >= 0.3 is 5.97 Å². The highest BCUT2D eigenvalue weighted by atomic mass is 32.1. The van der Waals surface area contributed by atoms with Crippen LogP contribution in [0.25, 0.3) is 6.08 Å². The summed E-state index contributed by atoms with van der Waals surface area (Å²) in [7, 11) is 1.50. The van der Waals surface area contributed by atoms with Crippen LogP contribution in [0.15, 0.2) is 48.5 Å². The van der Waals surface area contributed by atoms with Crippen molar-refractivity contribution in [2.45, 2.75) is 6.92 Å². The topological polar surface area (TPSA) is 87.7 Å². The molecule has 3 N–H and O–H groups in total. The lowest BCUT2D eigenvalue weighted by molar-refractivity contribution is -0.131. The van der Waals surface area contributed by atoms with Crippen LogP contribution in [0.2, 0.25) is 0 Å². The number of methoxy groups -OCH3 is 1. The molecule has 0 aliphatic heterocycles. The van der Waals surface area contributed by atoms with E-state index in [2.05, 4.69) is 10.6 Å². The average Bonchev–Trinajstić information content (AvgIpc) is 2.60. The van der Waals surface area contributed by atoms with E-state index in [1.807, 2.05) is 13.0 Å². The van der Waals surface area contributed by atoms with Crippen LogP contribution < -0.4 is 15.4 Å². The lowest BCUT2D eigenvalue weighted by Crippen LogP contribution is -2.34. The highest BCUT2D eigenvalue weighted by molar-refractivity contribution is 7.80. The molecule has 134 valence electrons. The van der Waals surface area contributed by atoms with Crippen LogP contribution in [0.4, 0.5) is 5.69 Å². The molecule has 0 heterocycles. The number of hydrogen-bond donors (Lipinski definition) is 3. The Morgan fingerprint density at radius 2 is 1.96 bits per heavy atom. The smallest absolute Gasteiger partial charge is 0.328 e. The summed E-state index contributed by atoms with van der Waals surface area (Å²) in [6.07, 6.45) is 2.48. The number of carbonyl (C=O) groups is 2. The van der Waals surface area contributed by atoms with Gasteiger partial charge in [0.2, 0.25) is 0 Å². The number of rotatable bonds is 5. The van der Waals surface area contributed by atoms with Gasteiger partial charge in [-0.1, -0.05) is 23.8 Å². The van der Waals surface area contributed by atoms with Crippen LogP contribution in [0, 0.1) is 6.92 Å². The number of aryl methyl sites for hydroxylation is 1. The number of carboxylic acid groups (broad SMARTS) is 1. The number of aliphatic carboxylic acids is 1. The first-order valence-corrected chi connectivity index (χ1v) is 8.08. The van der Waals surface area contributed by atoms with Crippen molar-refractivity contribution in [3.8, 4) is 5.75 Å². The Labute approximate surface area is 156 Å². The third-order valence-corrected chi connectivity index (χ3v) is 3.60. The Balaban J connectivity index is 2.13. The highest BCUT2D eigenvalue weighted by Crippen LogP contribution is 2.26. The van der Waals surface area contributed by atoms with Gasteiger partial charge in [-0.2, -0.15) is 0 Å². The van der Waals surface area contributed by atoms with E-state index in [4.69, 9.17) is 22.1 Å². The van der Waals surface area contributed by atoms with Gasteiger partial charge in [0.05, 0.1) is 12.8 Å². The van der Waals surface area contributed by atoms with E-state index in [1.54, 1.807) is 36.4 Å². The molecular formula is C19H18N2O4S. The van der Waals surface area contributed by atoms with Crippen molar-refractivity contribution in [1.82, 2.24) is 5.32 Å². The molecule has 2 rings (SSSR count). The van der Waals surface area contributed by atoms with E-state index in [0.717, 1.165) is 11.6 Å². The van der Waals surface area contributed by atoms with Gasteiger partial charge in [0.25, 0.3) is 5.91 Å². The quantitative estimate of drug-likeness (QED) is 0.553. The first-order chi connectivity index (χ1) is 12.4. The fourth-order valence-electron chi connectivity index (χ4n) is 2.21. The van der Waals surface area contributed by atoms with Gasteiger partial charge in [-0.05, 0) is 55.0 Å². The summed E-state index contributed by atoms with van der Waals surface area (Å²) in [5, 5.41) is 14.3. The Morgan fingerprint density at radius 3 is 2.62 bits per heavy atom. The molecule has 0 aliphatic carbocycles. The summed E-state index contributed by atoms with van der Waals surface area (Å²) in [6.45, 7) is 1.90. The fourth-order valence-corrected chi connectivity index (χ4v) is 2.41. The maximum atomic E-state index is 12.3. The van der Waals surface area contributed by atoms with Crippen molar-refractivity contribution < 1.29 is 19.4 Å². The van der Waals surface area contributed by atoms with Gasteiger partial charge in [0, 0.05) is 11.6 Å². The molecule has 0 saturated carbocycles. The molecule has 1 amide bonds. The predicted octanol–water partition coefficient (Wildman–Crippen LogP) is 3.23. The molecule has 0 radical (unpaired) electrons. The molecule has 0 unspecified atom stereocenters. The van der Waals surface area contributed by atoms with E-state index in [9.17, 15) is 9.59 Å². The Bertz CT molecular complexity index is 878. The molecule has 0 saturated heterocycles. The lowest BCUT2D eigenvalue weighted by Gasteiger charge is -2.13. The first kappa shape index (κ1) is 19.1. The molecule has 0 bridgehead atoms. The zero-order valence-electron chi connectivity index (χ0n) is 14.3. The second-order valence-corrected chi connectivity index (χ2v) is 5.82. The third-order valence-electron chi connectivity index (χ3n) is 3.40. The van der Waals surface area contributed by atoms with E-state index in [0.29, 0.717) is 22.6 Å². The minimum Gasteiger partial charge on any atom is -0.495 e. The lowest BCUT2D eigenvalue weighted by atomic mass is 10.1. The summed E-state index contributed by atoms with van der Waals surface area (Å²) in [5.74, 6) is -0.868.